The molecule has 0 unspecified atom stereocenters. The van der Waals surface area contributed by atoms with E-state index in [2.05, 4.69) is 0 Å². The van der Waals surface area contributed by atoms with Crippen LogP contribution in [0.5, 0.6) is 0 Å². The lowest BCUT2D eigenvalue weighted by Crippen LogP contribution is -2.13. The average Bonchev–Trinajstić information content (AvgIpc) is 2.81. The van der Waals surface area contributed by atoms with E-state index < -0.39 is 0 Å². The summed E-state index contributed by atoms with van der Waals surface area (Å²) in [5, 5.41) is 0. The van der Waals surface area contributed by atoms with Gasteiger partial charge in [0.2, 0.25) is 0 Å². The lowest BCUT2D eigenvalue weighted by Gasteiger charge is -2.08. The maximum absolute atomic E-state index is 11.5. The predicted molar refractivity (Wildman–Crippen MR) is 58.1 cm³/mol. The summed E-state index contributed by atoms with van der Waals surface area (Å²) in [7, 11) is 0. The Balaban J connectivity index is 1.83. The Kier molecular flexibility index (Phi) is 3.18. The Morgan fingerprint density at radius 2 is 2.13 bits per heavy atom. The quantitative estimate of drug-likeness (QED) is 0.556. The highest BCUT2D eigenvalue weighted by Gasteiger charge is 2.19. The first kappa shape index (κ1) is 9.97. The number of benzene rings is 1. The molecule has 0 aliphatic heterocycles. The molecule has 78 valence electrons. The van der Waals surface area contributed by atoms with Gasteiger partial charge in [-0.3, -0.25) is 4.79 Å². The molecule has 0 fully saturated rings. The highest BCUT2D eigenvalue weighted by Crippen LogP contribution is 2.18. The molecule has 2 nitrogen and oxygen atoms in total. The Morgan fingerprint density at radius 3 is 2.80 bits per heavy atom. The van der Waals surface area contributed by atoms with Gasteiger partial charge in [-0.1, -0.05) is 42.5 Å². The van der Waals surface area contributed by atoms with Crippen LogP contribution in [-0.2, 0) is 16.1 Å². The summed E-state index contributed by atoms with van der Waals surface area (Å²) >= 11 is 0. The van der Waals surface area contributed by atoms with Crippen LogP contribution in [0.3, 0.4) is 0 Å². The van der Waals surface area contributed by atoms with Crippen LogP contribution in [0.4, 0.5) is 0 Å². The van der Waals surface area contributed by atoms with Crippen molar-refractivity contribution in [2.75, 3.05) is 0 Å². The molecule has 0 amide bonds. The van der Waals surface area contributed by atoms with E-state index in [1.807, 2.05) is 42.5 Å². The molecule has 2 heteroatoms. The van der Waals surface area contributed by atoms with Crippen LogP contribution in [0.25, 0.3) is 0 Å². The number of esters is 1. The van der Waals surface area contributed by atoms with E-state index in [0.717, 1.165) is 18.4 Å². The highest BCUT2D eigenvalue weighted by molar-refractivity contribution is 5.74. The second kappa shape index (κ2) is 4.78. The average molecular weight is 202 g/mol. The molecule has 0 saturated heterocycles. The van der Waals surface area contributed by atoms with Crippen molar-refractivity contribution in [1.82, 2.24) is 0 Å². The molecule has 0 aromatic heterocycles. The van der Waals surface area contributed by atoms with Gasteiger partial charge < -0.3 is 4.74 Å². The van der Waals surface area contributed by atoms with Gasteiger partial charge in [0, 0.05) is 0 Å². The topological polar surface area (TPSA) is 26.3 Å². The maximum Gasteiger partial charge on any atom is 0.313 e. The van der Waals surface area contributed by atoms with Crippen molar-refractivity contribution in [3.8, 4) is 0 Å². The smallest absolute Gasteiger partial charge is 0.313 e. The SMILES string of the molecule is O=C(OCc1ccccc1)[C@@H]1C=CCC1. The van der Waals surface area contributed by atoms with E-state index in [9.17, 15) is 4.79 Å². The van der Waals surface area contributed by atoms with Gasteiger partial charge in [-0.05, 0) is 18.4 Å². The second-order valence-electron chi connectivity index (χ2n) is 3.71. The Hall–Kier alpha value is -1.57. The van der Waals surface area contributed by atoms with Gasteiger partial charge in [0.05, 0.1) is 5.92 Å². The maximum atomic E-state index is 11.5. The van der Waals surface area contributed by atoms with Gasteiger partial charge in [0.15, 0.2) is 0 Å². The van der Waals surface area contributed by atoms with Gasteiger partial charge in [-0.15, -0.1) is 0 Å². The van der Waals surface area contributed by atoms with Gasteiger partial charge in [-0.25, -0.2) is 0 Å². The molecule has 15 heavy (non-hydrogen) atoms. The minimum absolute atomic E-state index is 0.0197. The van der Waals surface area contributed by atoms with Crippen LogP contribution in [0.15, 0.2) is 42.5 Å². The van der Waals surface area contributed by atoms with Crippen LogP contribution in [0.2, 0.25) is 0 Å². The van der Waals surface area contributed by atoms with E-state index in [0.29, 0.717) is 6.61 Å². The molecule has 1 aromatic carbocycles. The number of ether oxygens (including phenoxy) is 1. The van der Waals surface area contributed by atoms with E-state index in [1.165, 1.54) is 0 Å². The van der Waals surface area contributed by atoms with Gasteiger partial charge >= 0.3 is 5.97 Å². The number of rotatable bonds is 3. The first-order valence-corrected chi connectivity index (χ1v) is 5.23. The molecule has 1 aromatic rings. The van der Waals surface area contributed by atoms with E-state index >= 15 is 0 Å². The fourth-order valence-corrected chi connectivity index (χ4v) is 1.66. The Morgan fingerprint density at radius 1 is 1.33 bits per heavy atom. The summed E-state index contributed by atoms with van der Waals surface area (Å²) in [5.41, 5.74) is 1.04. The Bertz CT molecular complexity index is 354. The highest BCUT2D eigenvalue weighted by atomic mass is 16.5. The van der Waals surface area contributed by atoms with Crippen molar-refractivity contribution in [2.24, 2.45) is 5.92 Å². The monoisotopic (exact) mass is 202 g/mol. The lowest BCUT2D eigenvalue weighted by atomic mass is 10.1. The summed E-state index contributed by atoms with van der Waals surface area (Å²) in [6.07, 6.45) is 5.86. The third kappa shape index (κ3) is 2.69. The molecule has 0 radical (unpaired) electrons. The summed E-state index contributed by atoms with van der Waals surface area (Å²) in [4.78, 5) is 11.5. The molecule has 1 aliphatic carbocycles. The predicted octanol–water partition coefficient (Wildman–Crippen LogP) is 2.70. The second-order valence-corrected chi connectivity index (χ2v) is 3.71. The first-order chi connectivity index (χ1) is 7.36. The van der Waals surface area contributed by atoms with Crippen LogP contribution >= 0.6 is 0 Å². The molecule has 1 atom stereocenters. The van der Waals surface area contributed by atoms with Crippen LogP contribution < -0.4 is 0 Å². The zero-order valence-corrected chi connectivity index (χ0v) is 8.56. The molecule has 0 saturated carbocycles. The summed E-state index contributed by atoms with van der Waals surface area (Å²) < 4.78 is 5.22. The van der Waals surface area contributed by atoms with Crippen molar-refractivity contribution < 1.29 is 9.53 Å². The van der Waals surface area contributed by atoms with E-state index in [-0.39, 0.29) is 11.9 Å². The minimum atomic E-state index is -0.104. The van der Waals surface area contributed by atoms with Crippen molar-refractivity contribution in [1.29, 1.82) is 0 Å². The van der Waals surface area contributed by atoms with Crippen LogP contribution in [-0.4, -0.2) is 5.97 Å². The van der Waals surface area contributed by atoms with E-state index in [4.69, 9.17) is 4.74 Å². The third-order valence-corrected chi connectivity index (χ3v) is 2.54. The fraction of sp³-hybridized carbons (Fsp3) is 0.308. The zero-order chi connectivity index (χ0) is 10.5. The Labute approximate surface area is 89.6 Å². The van der Waals surface area contributed by atoms with Crippen molar-refractivity contribution in [3.63, 3.8) is 0 Å². The molecule has 2 rings (SSSR count). The van der Waals surface area contributed by atoms with Crippen molar-refractivity contribution in [2.45, 2.75) is 19.4 Å². The van der Waals surface area contributed by atoms with Crippen LogP contribution in [0, 0.1) is 5.92 Å². The van der Waals surface area contributed by atoms with Crippen LogP contribution in [0.1, 0.15) is 18.4 Å². The van der Waals surface area contributed by atoms with E-state index in [1.54, 1.807) is 0 Å². The molecule has 0 bridgehead atoms. The largest absolute Gasteiger partial charge is 0.460 e. The minimum Gasteiger partial charge on any atom is -0.460 e. The van der Waals surface area contributed by atoms with Gasteiger partial charge in [0.25, 0.3) is 0 Å². The molecular weight excluding hydrogens is 188 g/mol. The standard InChI is InChI=1S/C13H14O2/c14-13(12-8-4-5-9-12)15-10-11-6-2-1-3-7-11/h1-4,6-8,12H,5,9-10H2/t12-/m1/s1. The molecule has 0 N–H and O–H groups in total. The fourth-order valence-electron chi connectivity index (χ4n) is 1.66. The third-order valence-electron chi connectivity index (χ3n) is 2.54. The summed E-state index contributed by atoms with van der Waals surface area (Å²) in [6, 6.07) is 9.75. The van der Waals surface area contributed by atoms with Crippen molar-refractivity contribution >= 4 is 5.97 Å². The number of carbonyl (C=O) groups is 1. The number of allylic oxidation sites excluding steroid dienone is 1. The van der Waals surface area contributed by atoms with Crippen molar-refractivity contribution in [3.05, 3.63) is 48.0 Å². The molecule has 0 spiro atoms. The zero-order valence-electron chi connectivity index (χ0n) is 8.56. The number of carbonyl (C=O) groups excluding carboxylic acids is 1. The summed E-state index contributed by atoms with van der Waals surface area (Å²) in [6.45, 7) is 0.379. The normalized spacial score (nSPS) is 19.1. The molecule has 1 aliphatic rings. The number of hydrogen-bond acceptors (Lipinski definition) is 2. The molecular formula is C13H14O2. The molecule has 0 heterocycles. The lowest BCUT2D eigenvalue weighted by molar-refractivity contribution is -0.148. The van der Waals surface area contributed by atoms with Gasteiger partial charge in [0.1, 0.15) is 6.61 Å². The van der Waals surface area contributed by atoms with Gasteiger partial charge in [-0.2, -0.15) is 0 Å². The first-order valence-electron chi connectivity index (χ1n) is 5.23. The number of hydrogen-bond donors (Lipinski definition) is 0. The summed E-state index contributed by atoms with van der Waals surface area (Å²) in [5.74, 6) is -0.124.